The molecule has 0 spiro atoms. The maximum absolute atomic E-state index is 6.06. The third-order valence-electron chi connectivity index (χ3n) is 9.15. The van der Waals surface area contributed by atoms with Crippen molar-refractivity contribution < 1.29 is 8.83 Å². The number of anilines is 2. The van der Waals surface area contributed by atoms with Gasteiger partial charge in [-0.15, -0.1) is 0 Å². The zero-order valence-corrected chi connectivity index (χ0v) is 27.6. The lowest BCUT2D eigenvalue weighted by atomic mass is 9.93. The second-order valence-corrected chi connectivity index (χ2v) is 12.3. The van der Waals surface area contributed by atoms with Crippen molar-refractivity contribution in [3.05, 3.63) is 188 Å². The van der Waals surface area contributed by atoms with Gasteiger partial charge in [-0.2, -0.15) is 0 Å². The fourth-order valence-corrected chi connectivity index (χ4v) is 6.70. The van der Waals surface area contributed by atoms with Crippen LogP contribution in [0.4, 0.5) is 11.4 Å². The Kier molecular flexibility index (Phi) is 7.56. The number of fused-ring (bicyclic) bond motifs is 5. The number of hydrogen-bond acceptors (Lipinski definition) is 5. The molecule has 51 heavy (non-hydrogen) atoms. The van der Waals surface area contributed by atoms with E-state index in [1.54, 1.807) is 0 Å². The molecule has 0 aliphatic carbocycles. The summed E-state index contributed by atoms with van der Waals surface area (Å²) in [6, 6.07) is 52.0. The number of hydrogen-bond donors (Lipinski definition) is 0. The minimum Gasteiger partial charge on any atom is -0.437 e. The van der Waals surface area contributed by atoms with Gasteiger partial charge < -0.3 is 13.7 Å². The average Bonchev–Trinajstić information content (AvgIpc) is 3.82. The predicted molar refractivity (Wildman–Crippen MR) is 210 cm³/mol. The Morgan fingerprint density at radius 2 is 1.16 bits per heavy atom. The quantitative estimate of drug-likeness (QED) is 0.120. The molecule has 0 atom stereocenters. The highest BCUT2D eigenvalue weighted by Crippen LogP contribution is 2.38. The van der Waals surface area contributed by atoms with E-state index in [9.17, 15) is 0 Å². The van der Waals surface area contributed by atoms with E-state index in [-0.39, 0.29) is 0 Å². The first-order valence-corrected chi connectivity index (χ1v) is 16.9. The molecule has 0 aliphatic heterocycles. The third kappa shape index (κ3) is 5.67. The van der Waals surface area contributed by atoms with Crippen LogP contribution in [0, 0.1) is 0 Å². The van der Waals surface area contributed by atoms with Crippen LogP contribution in [0.15, 0.2) is 191 Å². The number of allylic oxidation sites excluding steroid dienone is 3. The van der Waals surface area contributed by atoms with E-state index in [0.29, 0.717) is 11.8 Å². The third-order valence-corrected chi connectivity index (χ3v) is 9.15. The second kappa shape index (κ2) is 12.8. The average molecular weight is 658 g/mol. The van der Waals surface area contributed by atoms with Gasteiger partial charge in [-0.3, -0.25) is 0 Å². The van der Waals surface area contributed by atoms with Crippen molar-refractivity contribution in [2.24, 2.45) is 0 Å². The van der Waals surface area contributed by atoms with Gasteiger partial charge in [-0.1, -0.05) is 97.6 Å². The zero-order valence-electron chi connectivity index (χ0n) is 27.6. The van der Waals surface area contributed by atoms with Crippen LogP contribution in [0.1, 0.15) is 5.89 Å². The monoisotopic (exact) mass is 657 g/mol. The number of aromatic nitrogens is 2. The number of benzene rings is 7. The standard InChI is InChI=1S/C46H31N3O2/c1-2-34(13-11-21-45-47-41-17-7-9-19-43(41)50-45)49(36-28-24-32(25-29-36)46-48-42-18-8-10-20-44(42)51-46)35-26-22-31(23-27-35)40-30-33-12-3-4-14-37(33)38-15-5-6-16-39(38)40/h2-30H,1H2/b21-11+,34-13+. The Labute approximate surface area is 294 Å². The Hall–Kier alpha value is -6.98. The van der Waals surface area contributed by atoms with E-state index in [0.717, 1.165) is 50.4 Å². The lowest BCUT2D eigenvalue weighted by Gasteiger charge is -2.26. The fourth-order valence-electron chi connectivity index (χ4n) is 6.70. The summed E-state index contributed by atoms with van der Waals surface area (Å²) in [6.07, 6.45) is 7.68. The summed E-state index contributed by atoms with van der Waals surface area (Å²) in [5, 5.41) is 4.95. The summed E-state index contributed by atoms with van der Waals surface area (Å²) in [5.74, 6) is 1.12. The fraction of sp³-hybridized carbons (Fsp3) is 0. The molecule has 7 aromatic carbocycles. The first kappa shape index (κ1) is 30.1. The molecule has 5 nitrogen and oxygen atoms in total. The molecule has 0 N–H and O–H groups in total. The molecule has 0 aliphatic rings. The molecule has 9 rings (SSSR count). The maximum atomic E-state index is 6.06. The normalized spacial score (nSPS) is 12.0. The molecule has 9 aromatic rings. The highest BCUT2D eigenvalue weighted by atomic mass is 16.4. The summed E-state index contributed by atoms with van der Waals surface area (Å²) in [6.45, 7) is 4.20. The lowest BCUT2D eigenvalue weighted by molar-refractivity contribution is 0.589. The molecule has 5 heteroatoms. The largest absolute Gasteiger partial charge is 0.437 e. The summed E-state index contributed by atoms with van der Waals surface area (Å²) in [7, 11) is 0. The molecule has 0 fully saturated rings. The Morgan fingerprint density at radius 1 is 0.569 bits per heavy atom. The van der Waals surface area contributed by atoms with Crippen molar-refractivity contribution in [1.29, 1.82) is 0 Å². The van der Waals surface area contributed by atoms with Crippen molar-refractivity contribution in [1.82, 2.24) is 9.97 Å². The van der Waals surface area contributed by atoms with E-state index >= 15 is 0 Å². The molecule has 0 radical (unpaired) electrons. The first-order chi connectivity index (χ1) is 25.2. The van der Waals surface area contributed by atoms with Crippen LogP contribution in [0.5, 0.6) is 0 Å². The zero-order chi connectivity index (χ0) is 34.1. The van der Waals surface area contributed by atoms with Gasteiger partial charge in [0, 0.05) is 28.7 Å². The molecule has 0 amide bonds. The highest BCUT2D eigenvalue weighted by molar-refractivity contribution is 6.13. The van der Waals surface area contributed by atoms with Crippen LogP contribution in [-0.4, -0.2) is 9.97 Å². The van der Waals surface area contributed by atoms with E-state index < -0.39 is 0 Å². The molecule has 2 aromatic heterocycles. The number of rotatable bonds is 8. The van der Waals surface area contributed by atoms with E-state index in [1.165, 1.54) is 27.1 Å². The Morgan fingerprint density at radius 3 is 1.84 bits per heavy atom. The van der Waals surface area contributed by atoms with Crippen molar-refractivity contribution >= 4 is 61.2 Å². The van der Waals surface area contributed by atoms with Gasteiger partial charge in [-0.25, -0.2) is 9.97 Å². The molecule has 2 heterocycles. The molecule has 0 bridgehead atoms. The number of nitrogens with zero attached hydrogens (tertiary/aromatic N) is 3. The SMILES string of the molecule is C=C/C(=C\C=C\c1nc2ccccc2o1)N(c1ccc(-c2nc3ccccc3o2)cc1)c1ccc(-c2cc3ccccc3c3ccccc23)cc1. The van der Waals surface area contributed by atoms with Gasteiger partial charge in [0.1, 0.15) is 11.0 Å². The summed E-state index contributed by atoms with van der Waals surface area (Å²) >= 11 is 0. The highest BCUT2D eigenvalue weighted by Gasteiger charge is 2.16. The van der Waals surface area contributed by atoms with Crippen molar-refractivity contribution in [2.75, 3.05) is 4.90 Å². The van der Waals surface area contributed by atoms with Crippen LogP contribution < -0.4 is 4.90 Å². The van der Waals surface area contributed by atoms with Crippen LogP contribution in [0.2, 0.25) is 0 Å². The van der Waals surface area contributed by atoms with Gasteiger partial charge in [0.05, 0.1) is 0 Å². The van der Waals surface area contributed by atoms with Crippen molar-refractivity contribution in [3.8, 4) is 22.6 Å². The van der Waals surface area contributed by atoms with Crippen LogP contribution in [-0.2, 0) is 0 Å². The maximum Gasteiger partial charge on any atom is 0.227 e. The number of para-hydroxylation sites is 4. The van der Waals surface area contributed by atoms with E-state index in [2.05, 4.69) is 107 Å². The molecule has 0 saturated heterocycles. The smallest absolute Gasteiger partial charge is 0.227 e. The second-order valence-electron chi connectivity index (χ2n) is 12.3. The van der Waals surface area contributed by atoms with Gasteiger partial charge in [0.25, 0.3) is 0 Å². The summed E-state index contributed by atoms with van der Waals surface area (Å²) in [5.41, 5.74) is 9.24. The van der Waals surface area contributed by atoms with Crippen molar-refractivity contribution in [3.63, 3.8) is 0 Å². The predicted octanol–water partition coefficient (Wildman–Crippen LogP) is 12.5. The van der Waals surface area contributed by atoms with Gasteiger partial charge in [-0.05, 0) is 112 Å². The van der Waals surface area contributed by atoms with Crippen LogP contribution >= 0.6 is 0 Å². The molecule has 242 valence electrons. The summed E-state index contributed by atoms with van der Waals surface area (Å²) < 4.78 is 12.0. The van der Waals surface area contributed by atoms with Gasteiger partial charge in [0.2, 0.25) is 11.8 Å². The molecule has 0 unspecified atom stereocenters. The Bertz CT molecular complexity index is 2700. The first-order valence-electron chi connectivity index (χ1n) is 16.9. The minimum atomic E-state index is 0.539. The Balaban J connectivity index is 1.11. The van der Waals surface area contributed by atoms with Crippen LogP contribution in [0.3, 0.4) is 0 Å². The topological polar surface area (TPSA) is 55.3 Å². The van der Waals surface area contributed by atoms with Crippen LogP contribution in [0.25, 0.3) is 72.4 Å². The molecule has 0 saturated carbocycles. The minimum absolute atomic E-state index is 0.539. The van der Waals surface area contributed by atoms with E-state index in [4.69, 9.17) is 13.8 Å². The van der Waals surface area contributed by atoms with Gasteiger partial charge in [0.15, 0.2) is 11.2 Å². The molecular formula is C46H31N3O2. The van der Waals surface area contributed by atoms with Crippen molar-refractivity contribution in [2.45, 2.75) is 0 Å². The number of oxazole rings is 2. The van der Waals surface area contributed by atoms with E-state index in [1.807, 2.05) is 85.0 Å². The lowest BCUT2D eigenvalue weighted by Crippen LogP contribution is -2.15. The summed E-state index contributed by atoms with van der Waals surface area (Å²) in [4.78, 5) is 11.5. The van der Waals surface area contributed by atoms with Gasteiger partial charge >= 0.3 is 0 Å². The molecular weight excluding hydrogens is 627 g/mol.